The maximum Gasteiger partial charge on any atom is 0.244 e. The zero-order valence-electron chi connectivity index (χ0n) is 23.3. The van der Waals surface area contributed by atoms with E-state index in [0.29, 0.717) is 41.9 Å². The second-order valence-electron chi connectivity index (χ2n) is 11.7. The molecule has 224 valence electrons. The molecule has 7 rings (SSSR count). The third-order valence-corrected chi connectivity index (χ3v) is 11.9. The Morgan fingerprint density at radius 2 is 1.80 bits per heavy atom. The number of hydrogen-bond donors (Lipinski definition) is 1. The number of carbonyl (C=O) groups is 2. The van der Waals surface area contributed by atoms with Crippen molar-refractivity contribution in [2.24, 2.45) is 0 Å². The first-order chi connectivity index (χ1) is 21.1. The van der Waals surface area contributed by atoms with Crippen LogP contribution in [-0.4, -0.2) is 63.0 Å². The van der Waals surface area contributed by atoms with Gasteiger partial charge in [-0.1, -0.05) is 35.3 Å². The number of carbonyl (C=O) groups excluding carboxylic acids is 2. The van der Waals surface area contributed by atoms with Gasteiger partial charge in [-0.3, -0.25) is 19.1 Å². The van der Waals surface area contributed by atoms with Crippen molar-refractivity contribution < 1.29 is 18.0 Å². The number of likely N-dealkylation sites (tertiary alicyclic amines) is 1. The molecule has 13 heteroatoms. The largest absolute Gasteiger partial charge is 0.336 e. The first-order valence-corrected chi connectivity index (χ1v) is 16.5. The Kier molecular flexibility index (Phi) is 6.73. The highest BCUT2D eigenvalue weighted by atomic mass is 35.5. The van der Waals surface area contributed by atoms with Crippen molar-refractivity contribution in [3.05, 3.63) is 82.9 Å². The van der Waals surface area contributed by atoms with Crippen LogP contribution in [0.5, 0.6) is 0 Å². The van der Waals surface area contributed by atoms with Gasteiger partial charge in [-0.05, 0) is 74.1 Å². The summed E-state index contributed by atoms with van der Waals surface area (Å²) < 4.78 is 29.9. The van der Waals surface area contributed by atoms with E-state index in [4.69, 9.17) is 23.2 Å². The minimum absolute atomic E-state index is 0.0189. The molecular formula is C31H26Cl2N6O4S. The molecule has 3 aliphatic rings. The monoisotopic (exact) mass is 648 g/mol. The fraction of sp³-hybridized carbons (Fsp3) is 0.323. The molecule has 0 radical (unpaired) electrons. The predicted octanol–water partition coefficient (Wildman–Crippen LogP) is 4.37. The third kappa shape index (κ3) is 4.72. The Bertz CT molecular complexity index is 1980. The molecule has 2 amide bonds. The van der Waals surface area contributed by atoms with Crippen LogP contribution in [0.15, 0.2) is 72.1 Å². The molecule has 1 N–H and O–H groups in total. The van der Waals surface area contributed by atoms with Gasteiger partial charge < -0.3 is 10.2 Å². The summed E-state index contributed by atoms with van der Waals surface area (Å²) in [6, 6.07) is 14.5. The Morgan fingerprint density at radius 1 is 1.05 bits per heavy atom. The Morgan fingerprint density at radius 3 is 2.45 bits per heavy atom. The van der Waals surface area contributed by atoms with Crippen LogP contribution in [0.2, 0.25) is 10.0 Å². The number of nitriles is 1. The summed E-state index contributed by atoms with van der Waals surface area (Å²) in [4.78, 5) is 37.4. The smallest absolute Gasteiger partial charge is 0.244 e. The number of amides is 2. The Labute approximate surface area is 263 Å². The number of pyridine rings is 1. The van der Waals surface area contributed by atoms with Gasteiger partial charge >= 0.3 is 0 Å². The number of halogens is 2. The maximum atomic E-state index is 14.2. The van der Waals surface area contributed by atoms with Gasteiger partial charge in [0.05, 0.1) is 38.4 Å². The highest BCUT2D eigenvalue weighted by molar-refractivity contribution is 7.92. The Balaban J connectivity index is 1.20. The molecule has 10 nitrogen and oxygen atoms in total. The van der Waals surface area contributed by atoms with Gasteiger partial charge in [0.1, 0.15) is 23.4 Å². The highest BCUT2D eigenvalue weighted by Gasteiger charge is 2.58. The number of fused-ring (bicyclic) bond motifs is 1. The van der Waals surface area contributed by atoms with Gasteiger partial charge in [-0.25, -0.2) is 13.4 Å². The van der Waals surface area contributed by atoms with Crippen molar-refractivity contribution in [2.45, 2.75) is 59.2 Å². The number of nitrogens with zero attached hydrogens (tertiary/aromatic N) is 5. The number of nitrogens with one attached hydrogen (secondary N) is 1. The van der Waals surface area contributed by atoms with Crippen LogP contribution in [0.25, 0.3) is 16.7 Å². The van der Waals surface area contributed by atoms with Crippen LogP contribution in [0, 0.1) is 11.3 Å². The quantitative estimate of drug-likeness (QED) is 0.314. The van der Waals surface area contributed by atoms with E-state index < -0.39 is 38.0 Å². The average Bonchev–Trinajstić information content (AvgIpc) is 3.89. The topological polar surface area (TPSA) is 138 Å². The minimum atomic E-state index is -4.08. The lowest BCUT2D eigenvalue weighted by molar-refractivity contribution is -0.140. The van der Waals surface area contributed by atoms with Crippen LogP contribution in [0.1, 0.15) is 37.7 Å². The Hall–Kier alpha value is -3.98. The van der Waals surface area contributed by atoms with Gasteiger partial charge in [0.15, 0.2) is 9.84 Å². The van der Waals surface area contributed by atoms with Crippen LogP contribution in [0.3, 0.4) is 0 Å². The van der Waals surface area contributed by atoms with Crippen molar-refractivity contribution in [3.8, 4) is 11.8 Å². The molecule has 1 saturated heterocycles. The summed E-state index contributed by atoms with van der Waals surface area (Å²) >= 11 is 12.7. The standard InChI is InChI=1S/C31H26Cl2N6O4S/c32-20-3-1-19(2-4-20)31(10-11-31)29(41)38-16-22(14-26(38)28(40)37-30(17-34)8-9-30)44(42,43)27-6-5-21(13-23(27)33)39-18-36-24-15-35-12-7-25(24)39/h1-7,12-13,15,18,22,26H,8-11,14,16H2,(H,37,40)/t22?,26-/m0/s1. The molecule has 3 heterocycles. The van der Waals surface area contributed by atoms with E-state index in [1.807, 2.05) is 0 Å². The second-order valence-corrected chi connectivity index (χ2v) is 14.8. The average molecular weight is 650 g/mol. The zero-order chi connectivity index (χ0) is 30.9. The van der Waals surface area contributed by atoms with Crippen LogP contribution in [0.4, 0.5) is 0 Å². The number of imidazole rings is 1. The van der Waals surface area contributed by atoms with Crippen molar-refractivity contribution >= 4 is 55.9 Å². The van der Waals surface area contributed by atoms with E-state index in [2.05, 4.69) is 21.4 Å². The lowest BCUT2D eigenvalue weighted by Crippen LogP contribution is -2.51. The van der Waals surface area contributed by atoms with E-state index in [1.54, 1.807) is 65.8 Å². The zero-order valence-corrected chi connectivity index (χ0v) is 25.6. The molecule has 1 unspecified atom stereocenters. The van der Waals surface area contributed by atoms with E-state index in [9.17, 15) is 23.3 Å². The molecule has 44 heavy (non-hydrogen) atoms. The van der Waals surface area contributed by atoms with Crippen LogP contribution >= 0.6 is 23.2 Å². The van der Waals surface area contributed by atoms with Crippen LogP contribution in [-0.2, 0) is 24.8 Å². The third-order valence-electron chi connectivity index (χ3n) is 9.00. The van der Waals surface area contributed by atoms with E-state index in [-0.39, 0.29) is 28.8 Å². The van der Waals surface area contributed by atoms with Gasteiger partial charge in [0.2, 0.25) is 11.8 Å². The van der Waals surface area contributed by atoms with Gasteiger partial charge in [-0.2, -0.15) is 5.26 Å². The molecule has 4 aromatic rings. The first-order valence-electron chi connectivity index (χ1n) is 14.2. The summed E-state index contributed by atoms with van der Waals surface area (Å²) in [5.41, 5.74) is 1.03. The summed E-state index contributed by atoms with van der Waals surface area (Å²) in [7, 11) is -4.08. The predicted molar refractivity (Wildman–Crippen MR) is 163 cm³/mol. The molecule has 3 fully saturated rings. The lowest BCUT2D eigenvalue weighted by Gasteiger charge is -2.29. The van der Waals surface area contributed by atoms with Crippen molar-refractivity contribution in [1.29, 1.82) is 5.26 Å². The van der Waals surface area contributed by atoms with Gasteiger partial charge in [0, 0.05) is 23.5 Å². The molecule has 2 aromatic heterocycles. The van der Waals surface area contributed by atoms with Crippen molar-refractivity contribution in [3.63, 3.8) is 0 Å². The summed E-state index contributed by atoms with van der Waals surface area (Å²) in [6.45, 7) is -0.175. The van der Waals surface area contributed by atoms with Crippen molar-refractivity contribution in [2.75, 3.05) is 6.54 Å². The van der Waals surface area contributed by atoms with Crippen molar-refractivity contribution in [1.82, 2.24) is 24.8 Å². The van der Waals surface area contributed by atoms with E-state index in [1.165, 1.54) is 11.0 Å². The molecule has 0 spiro atoms. The molecular weight excluding hydrogens is 623 g/mol. The lowest BCUT2D eigenvalue weighted by atomic mass is 9.94. The molecule has 2 aromatic carbocycles. The number of sulfone groups is 1. The maximum absolute atomic E-state index is 14.2. The molecule has 2 atom stereocenters. The van der Waals surface area contributed by atoms with Gasteiger partial charge in [-0.15, -0.1) is 0 Å². The van der Waals surface area contributed by atoms with E-state index in [0.717, 1.165) is 11.1 Å². The molecule has 2 saturated carbocycles. The second kappa shape index (κ2) is 10.3. The number of benzene rings is 2. The van der Waals surface area contributed by atoms with Gasteiger partial charge in [0.25, 0.3) is 0 Å². The van der Waals surface area contributed by atoms with Crippen LogP contribution < -0.4 is 5.32 Å². The van der Waals surface area contributed by atoms with E-state index >= 15 is 0 Å². The summed E-state index contributed by atoms with van der Waals surface area (Å²) in [5.74, 6) is -0.827. The summed E-state index contributed by atoms with van der Waals surface area (Å²) in [5, 5.41) is 11.8. The molecule has 2 aliphatic carbocycles. The first kappa shape index (κ1) is 28.8. The normalized spacial score (nSPS) is 21.5. The number of rotatable bonds is 7. The fourth-order valence-corrected chi connectivity index (χ4v) is 8.48. The number of aromatic nitrogens is 3. The number of hydrogen-bond acceptors (Lipinski definition) is 7. The highest BCUT2D eigenvalue weighted by Crippen LogP contribution is 2.51. The molecule has 1 aliphatic heterocycles. The summed E-state index contributed by atoms with van der Waals surface area (Å²) in [6.07, 6.45) is 6.93. The fourth-order valence-electron chi connectivity index (χ4n) is 6.12. The minimum Gasteiger partial charge on any atom is -0.336 e. The molecule has 0 bridgehead atoms. The SMILES string of the molecule is N#CC1(NC(=O)[C@@H]2CC(S(=O)(=O)c3ccc(-n4cnc5cnccc54)cc3Cl)CN2C(=O)C2(c3ccc(Cl)cc3)CC2)CC1.